The van der Waals surface area contributed by atoms with Gasteiger partial charge in [-0.25, -0.2) is 0 Å². The second-order valence-corrected chi connectivity index (χ2v) is 2.25. The zero-order valence-electron chi connectivity index (χ0n) is 5.93. The Hall–Kier alpha value is 0.0197. The first-order chi connectivity index (χ1) is 4.97. The Balaban J connectivity index is 0.000000605. The second kappa shape index (κ2) is 4.15. The molecule has 0 saturated carbocycles. The van der Waals surface area contributed by atoms with Crippen LogP contribution in [0.25, 0.3) is 6.08 Å². The summed E-state index contributed by atoms with van der Waals surface area (Å²) in [4.78, 5) is 0. The molecule has 0 N–H and O–H groups in total. The first kappa shape index (κ1) is 9.11. The summed E-state index contributed by atoms with van der Waals surface area (Å²) >= 11 is 0. The van der Waals surface area contributed by atoms with Gasteiger partial charge < -0.3 is 4.74 Å². The number of hydrogen-bond donors (Lipinski definition) is 0. The van der Waals surface area contributed by atoms with E-state index in [1.54, 1.807) is 0 Å². The van der Waals surface area contributed by atoms with Crippen LogP contribution in [0.15, 0.2) is 30.3 Å². The Bertz CT molecular complexity index is 268. The van der Waals surface area contributed by atoms with Gasteiger partial charge in [-0.1, -0.05) is 24.3 Å². The van der Waals surface area contributed by atoms with Gasteiger partial charge in [0.1, 0.15) is 12.4 Å². The van der Waals surface area contributed by atoms with E-state index in [9.17, 15) is 0 Å². The summed E-state index contributed by atoms with van der Waals surface area (Å²) in [7, 11) is 0. The minimum Gasteiger partial charge on any atom is -0.489 e. The van der Waals surface area contributed by atoms with Gasteiger partial charge in [-0.05, 0) is 12.1 Å². The zero-order chi connectivity index (χ0) is 6.81. The summed E-state index contributed by atoms with van der Waals surface area (Å²) in [6.07, 6.45) is 4.10. The predicted molar refractivity (Wildman–Crippen MR) is 41.0 cm³/mol. The zero-order valence-corrected chi connectivity index (χ0v) is 6.64. The molecule has 0 fully saturated rings. The quantitative estimate of drug-likeness (QED) is 0.582. The molecule has 1 heterocycles. The molecule has 1 nitrogen and oxygen atoms in total. The summed E-state index contributed by atoms with van der Waals surface area (Å²) in [5.74, 6) is 0.991. The van der Waals surface area contributed by atoms with E-state index >= 15 is 0 Å². The molecular weight excluding hydrogens is 164 g/mol. The molecule has 1 aromatic carbocycles. The molecule has 0 unspecified atom stereocenters. The fraction of sp³-hybridized carbons (Fsp3) is 0.111. The molecule has 0 saturated heterocycles. The molecule has 0 aromatic heterocycles. The number of rotatable bonds is 0. The first-order valence-electron chi connectivity index (χ1n) is 3.35. The van der Waals surface area contributed by atoms with Crippen molar-refractivity contribution in [2.45, 2.75) is 0 Å². The predicted octanol–water partition coefficient (Wildman–Crippen LogP) is 2.09. The van der Waals surface area contributed by atoms with Gasteiger partial charge in [-0.3, -0.25) is 0 Å². The van der Waals surface area contributed by atoms with Gasteiger partial charge in [0, 0.05) is 43.3 Å². The third kappa shape index (κ3) is 1.98. The Labute approximate surface area is 96.1 Å². The molecule has 2 rings (SSSR count). The summed E-state index contributed by atoms with van der Waals surface area (Å²) in [6.45, 7) is 0.705. The fourth-order valence-corrected chi connectivity index (χ4v) is 1.06. The molecule has 58 valence electrons. The van der Waals surface area contributed by atoms with Gasteiger partial charge >= 0.3 is 0 Å². The van der Waals surface area contributed by atoms with E-state index in [0.717, 1.165) is 5.75 Å². The third-order valence-electron chi connectivity index (χ3n) is 1.55. The number of hydrogen-bond acceptors (Lipinski definition) is 1. The number of ether oxygens (including phenoxy) is 1. The molecule has 0 amide bonds. The molecule has 1 aliphatic rings. The molecule has 0 bridgehead atoms. The van der Waals surface area contributed by atoms with E-state index in [2.05, 4.69) is 6.08 Å². The summed E-state index contributed by atoms with van der Waals surface area (Å²) in [5, 5.41) is 0. The van der Waals surface area contributed by atoms with Crippen LogP contribution in [-0.2, 0) is 0 Å². The van der Waals surface area contributed by atoms with Crippen LogP contribution >= 0.6 is 0 Å². The van der Waals surface area contributed by atoms with Crippen molar-refractivity contribution in [2.24, 2.45) is 0 Å². The van der Waals surface area contributed by atoms with E-state index < -0.39 is 0 Å². The van der Waals surface area contributed by atoms with Crippen LogP contribution in [0, 0.1) is 37.7 Å². The van der Waals surface area contributed by atoms with E-state index in [1.165, 1.54) is 5.56 Å². The van der Waals surface area contributed by atoms with Gasteiger partial charge in [0.15, 0.2) is 0 Å². The molecule has 0 spiro atoms. The van der Waals surface area contributed by atoms with Gasteiger partial charge in [-0.2, -0.15) is 0 Å². The van der Waals surface area contributed by atoms with Crippen LogP contribution in [-0.4, -0.2) is 6.61 Å². The van der Waals surface area contributed by atoms with Crippen LogP contribution < -0.4 is 4.74 Å². The second-order valence-electron chi connectivity index (χ2n) is 2.25. The maximum Gasteiger partial charge on any atom is 0.126 e. The monoisotopic (exact) mass is 172 g/mol. The number of fused-ring (bicyclic) bond motifs is 1. The Morgan fingerprint density at radius 3 is 2.82 bits per heavy atom. The van der Waals surface area contributed by atoms with Crippen molar-refractivity contribution in [2.75, 3.05) is 6.61 Å². The third-order valence-corrected chi connectivity index (χ3v) is 1.55. The fourth-order valence-electron chi connectivity index (χ4n) is 1.06. The van der Waals surface area contributed by atoms with Crippen molar-refractivity contribution in [3.8, 4) is 5.75 Å². The van der Waals surface area contributed by atoms with Crippen molar-refractivity contribution < 1.29 is 42.5 Å². The maximum atomic E-state index is 5.34. The van der Waals surface area contributed by atoms with E-state index in [-0.39, 0.29) is 37.7 Å². The topological polar surface area (TPSA) is 9.23 Å². The summed E-state index contributed by atoms with van der Waals surface area (Å²) < 4.78 is 5.34. The van der Waals surface area contributed by atoms with Crippen molar-refractivity contribution in [1.29, 1.82) is 0 Å². The van der Waals surface area contributed by atoms with Gasteiger partial charge in [-0.15, -0.1) is 0 Å². The van der Waals surface area contributed by atoms with Crippen LogP contribution in [0.5, 0.6) is 5.75 Å². The standard InChI is InChI=1S/C9H8O.Ar/c1-2-6-9-8(4-1)5-3-7-10-9;/h1-6H,7H2;. The van der Waals surface area contributed by atoms with Crippen molar-refractivity contribution in [3.63, 3.8) is 0 Å². The SMILES string of the molecule is C1=Cc2ccccc2OC1.[Ar]. The Kier molecular flexibility index (Phi) is 3.43. The van der Waals surface area contributed by atoms with E-state index in [4.69, 9.17) is 4.74 Å². The molecular formula is C9H8ArO. The smallest absolute Gasteiger partial charge is 0.126 e. The molecule has 0 aliphatic carbocycles. The Morgan fingerprint density at radius 2 is 2.00 bits per heavy atom. The van der Waals surface area contributed by atoms with E-state index in [0.29, 0.717) is 6.61 Å². The normalized spacial score (nSPS) is 12.7. The number of para-hydroxylation sites is 1. The minimum atomic E-state index is 0. The maximum absolute atomic E-state index is 5.34. The largest absolute Gasteiger partial charge is 0.489 e. The van der Waals surface area contributed by atoms with Gasteiger partial charge in [0.25, 0.3) is 0 Å². The van der Waals surface area contributed by atoms with Gasteiger partial charge in [0.05, 0.1) is 0 Å². The molecule has 11 heavy (non-hydrogen) atoms. The first-order valence-corrected chi connectivity index (χ1v) is 3.35. The Morgan fingerprint density at radius 1 is 1.18 bits per heavy atom. The van der Waals surface area contributed by atoms with Crippen molar-refractivity contribution in [3.05, 3.63) is 35.9 Å². The number of benzene rings is 1. The van der Waals surface area contributed by atoms with Crippen LogP contribution in [0.1, 0.15) is 5.56 Å². The van der Waals surface area contributed by atoms with Crippen LogP contribution in [0.2, 0.25) is 0 Å². The van der Waals surface area contributed by atoms with Crippen molar-refractivity contribution >= 4 is 6.08 Å². The molecule has 1 aliphatic heterocycles. The summed E-state index contributed by atoms with van der Waals surface area (Å²) in [6, 6.07) is 8.03. The van der Waals surface area contributed by atoms with E-state index in [1.807, 2.05) is 30.3 Å². The van der Waals surface area contributed by atoms with Gasteiger partial charge in [0.2, 0.25) is 0 Å². The molecule has 2 heteroatoms. The van der Waals surface area contributed by atoms with Crippen LogP contribution in [0.4, 0.5) is 0 Å². The molecule has 0 atom stereocenters. The average Bonchev–Trinajstić information content (AvgIpc) is 2.05. The minimum absolute atomic E-state index is 0. The molecule has 1 aromatic rings. The average molecular weight is 172 g/mol. The van der Waals surface area contributed by atoms with Crippen LogP contribution in [0.3, 0.4) is 0 Å². The summed E-state index contributed by atoms with van der Waals surface area (Å²) in [5.41, 5.74) is 1.17. The van der Waals surface area contributed by atoms with Crippen molar-refractivity contribution in [1.82, 2.24) is 0 Å². The molecule has 0 radical (unpaired) electrons.